The third-order valence-corrected chi connectivity index (χ3v) is 2.60. The van der Waals surface area contributed by atoms with Gasteiger partial charge in [0.1, 0.15) is 5.75 Å². The van der Waals surface area contributed by atoms with Crippen LogP contribution in [0.15, 0.2) is 18.2 Å². The number of amides is 4. The molecule has 2 rings (SSSR count). The van der Waals surface area contributed by atoms with Crippen LogP contribution in [0.4, 0.5) is 16.2 Å². The normalized spacial score (nSPS) is 14.3. The van der Waals surface area contributed by atoms with Crippen molar-refractivity contribution in [1.29, 1.82) is 0 Å². The topological polar surface area (TPSA) is 87.7 Å². The Morgan fingerprint density at radius 3 is 2.68 bits per heavy atom. The lowest BCUT2D eigenvalue weighted by Gasteiger charge is -2.15. The molecule has 1 aromatic carbocycles. The summed E-state index contributed by atoms with van der Waals surface area (Å²) in [5.41, 5.74) is 0.872. The largest absolute Gasteiger partial charge is 0.494 e. The van der Waals surface area contributed by atoms with E-state index in [4.69, 9.17) is 4.74 Å². The number of imide groups is 1. The minimum atomic E-state index is -0.473. The van der Waals surface area contributed by atoms with E-state index in [1.807, 2.05) is 0 Å². The minimum Gasteiger partial charge on any atom is -0.494 e. The van der Waals surface area contributed by atoms with Gasteiger partial charge in [-0.3, -0.25) is 9.59 Å². The van der Waals surface area contributed by atoms with Gasteiger partial charge >= 0.3 is 6.03 Å². The molecule has 0 aliphatic carbocycles. The van der Waals surface area contributed by atoms with Gasteiger partial charge in [-0.25, -0.2) is 9.69 Å². The first-order valence-electron chi connectivity index (χ1n) is 5.59. The molecule has 1 heterocycles. The summed E-state index contributed by atoms with van der Waals surface area (Å²) in [6.07, 6.45) is 0. The molecule has 7 heteroatoms. The molecule has 0 saturated carbocycles. The molecular weight excluding hydrogens is 250 g/mol. The Bertz CT molecular complexity index is 540. The van der Waals surface area contributed by atoms with Crippen LogP contribution in [0.1, 0.15) is 6.92 Å². The van der Waals surface area contributed by atoms with E-state index in [1.54, 1.807) is 12.1 Å². The number of rotatable bonds is 3. The van der Waals surface area contributed by atoms with Gasteiger partial charge in [-0.15, -0.1) is 0 Å². The highest BCUT2D eigenvalue weighted by atomic mass is 16.5. The average Bonchev–Trinajstić information content (AvgIpc) is 2.69. The third kappa shape index (κ3) is 2.49. The maximum atomic E-state index is 11.6. The SMILES string of the molecule is COc1cc(N2C(=O)CNC2=O)ccc1NC(C)=O. The zero-order valence-electron chi connectivity index (χ0n) is 10.5. The minimum absolute atomic E-state index is 0.0192. The Morgan fingerprint density at radius 2 is 2.16 bits per heavy atom. The van der Waals surface area contributed by atoms with Gasteiger partial charge in [-0.05, 0) is 12.1 Å². The number of urea groups is 1. The van der Waals surface area contributed by atoms with Crippen molar-refractivity contribution in [2.24, 2.45) is 0 Å². The zero-order valence-corrected chi connectivity index (χ0v) is 10.5. The first-order valence-corrected chi connectivity index (χ1v) is 5.59. The molecule has 7 nitrogen and oxygen atoms in total. The lowest BCUT2D eigenvalue weighted by molar-refractivity contribution is -0.116. The summed E-state index contributed by atoms with van der Waals surface area (Å²) in [7, 11) is 1.44. The first-order chi connectivity index (χ1) is 9.02. The van der Waals surface area contributed by atoms with Gasteiger partial charge in [-0.1, -0.05) is 0 Å². The molecule has 1 saturated heterocycles. The maximum Gasteiger partial charge on any atom is 0.329 e. The van der Waals surface area contributed by atoms with Crippen molar-refractivity contribution >= 4 is 29.2 Å². The second-order valence-corrected chi connectivity index (χ2v) is 3.95. The predicted molar refractivity (Wildman–Crippen MR) is 68.2 cm³/mol. The molecule has 0 unspecified atom stereocenters. The zero-order chi connectivity index (χ0) is 14.0. The number of methoxy groups -OCH3 is 1. The van der Waals surface area contributed by atoms with Gasteiger partial charge in [0.15, 0.2) is 0 Å². The smallest absolute Gasteiger partial charge is 0.329 e. The van der Waals surface area contributed by atoms with E-state index in [1.165, 1.54) is 20.1 Å². The highest BCUT2D eigenvalue weighted by Gasteiger charge is 2.30. The fourth-order valence-electron chi connectivity index (χ4n) is 1.80. The molecule has 2 N–H and O–H groups in total. The van der Waals surface area contributed by atoms with Gasteiger partial charge in [0.05, 0.1) is 25.0 Å². The summed E-state index contributed by atoms with van der Waals surface area (Å²) >= 11 is 0. The van der Waals surface area contributed by atoms with Gasteiger partial charge in [0.25, 0.3) is 5.91 Å². The van der Waals surface area contributed by atoms with Crippen LogP contribution in [0, 0.1) is 0 Å². The van der Waals surface area contributed by atoms with Crippen molar-refractivity contribution in [3.63, 3.8) is 0 Å². The molecule has 0 atom stereocenters. The number of benzene rings is 1. The van der Waals surface area contributed by atoms with Crippen LogP contribution in [0.25, 0.3) is 0 Å². The number of hydrogen-bond acceptors (Lipinski definition) is 4. The van der Waals surface area contributed by atoms with Gasteiger partial charge in [0.2, 0.25) is 5.91 Å². The molecule has 19 heavy (non-hydrogen) atoms. The van der Waals surface area contributed by atoms with Crippen LogP contribution in [-0.4, -0.2) is 31.5 Å². The quantitative estimate of drug-likeness (QED) is 0.786. The average molecular weight is 263 g/mol. The Labute approximate surface area is 109 Å². The second kappa shape index (κ2) is 4.97. The highest BCUT2D eigenvalue weighted by Crippen LogP contribution is 2.30. The summed E-state index contributed by atoms with van der Waals surface area (Å²) < 4.78 is 5.13. The number of carbonyl (C=O) groups excluding carboxylic acids is 3. The number of anilines is 2. The number of hydrogen-bond donors (Lipinski definition) is 2. The molecular formula is C12H13N3O4. The summed E-state index contributed by atoms with van der Waals surface area (Å²) in [5, 5.41) is 5.03. The van der Waals surface area contributed by atoms with E-state index < -0.39 is 6.03 Å². The number of nitrogens with zero attached hydrogens (tertiary/aromatic N) is 1. The molecule has 0 aromatic heterocycles. The van der Waals surface area contributed by atoms with Gasteiger partial charge in [-0.2, -0.15) is 0 Å². The Kier molecular flexibility index (Phi) is 3.37. The summed E-state index contributed by atoms with van der Waals surface area (Å²) in [4.78, 5) is 35.2. The number of ether oxygens (including phenoxy) is 1. The van der Waals surface area contributed by atoms with Crippen LogP contribution >= 0.6 is 0 Å². The van der Waals surface area contributed by atoms with Crippen molar-refractivity contribution in [3.8, 4) is 5.75 Å². The standard InChI is InChI=1S/C12H13N3O4/c1-7(16)14-9-4-3-8(5-10(9)19-2)15-11(17)6-13-12(15)18/h3-5H,6H2,1-2H3,(H,13,18)(H,14,16). The van der Waals surface area contributed by atoms with E-state index in [0.717, 1.165) is 4.90 Å². The lowest BCUT2D eigenvalue weighted by Crippen LogP contribution is -2.30. The van der Waals surface area contributed by atoms with Crippen LogP contribution in [-0.2, 0) is 9.59 Å². The summed E-state index contributed by atoms with van der Waals surface area (Å²) in [5.74, 6) is -0.194. The maximum absolute atomic E-state index is 11.6. The predicted octanol–water partition coefficient (Wildman–Crippen LogP) is 0.710. The van der Waals surface area contributed by atoms with Crippen molar-refractivity contribution in [1.82, 2.24) is 5.32 Å². The highest BCUT2D eigenvalue weighted by molar-refractivity contribution is 6.20. The molecule has 0 spiro atoms. The Morgan fingerprint density at radius 1 is 1.42 bits per heavy atom. The third-order valence-electron chi connectivity index (χ3n) is 2.60. The molecule has 1 fully saturated rings. The number of nitrogens with one attached hydrogen (secondary N) is 2. The van der Waals surface area contributed by atoms with E-state index in [9.17, 15) is 14.4 Å². The molecule has 4 amide bonds. The van der Waals surface area contributed by atoms with Crippen LogP contribution < -0.4 is 20.3 Å². The molecule has 0 radical (unpaired) electrons. The van der Waals surface area contributed by atoms with Gasteiger partial charge in [0, 0.05) is 13.0 Å². The molecule has 100 valence electrons. The second-order valence-electron chi connectivity index (χ2n) is 3.95. The molecule has 0 bridgehead atoms. The van der Waals surface area contributed by atoms with Crippen molar-refractivity contribution in [2.75, 3.05) is 23.9 Å². The van der Waals surface area contributed by atoms with E-state index in [0.29, 0.717) is 17.1 Å². The lowest BCUT2D eigenvalue weighted by atomic mass is 10.2. The Balaban J connectivity index is 2.36. The number of carbonyl (C=O) groups is 3. The van der Waals surface area contributed by atoms with Crippen molar-refractivity contribution < 1.29 is 19.1 Å². The van der Waals surface area contributed by atoms with Crippen molar-refractivity contribution in [3.05, 3.63) is 18.2 Å². The fraction of sp³-hybridized carbons (Fsp3) is 0.250. The van der Waals surface area contributed by atoms with Crippen LogP contribution in [0.3, 0.4) is 0 Å². The van der Waals surface area contributed by atoms with Gasteiger partial charge < -0.3 is 15.4 Å². The van der Waals surface area contributed by atoms with Crippen LogP contribution in [0.5, 0.6) is 5.75 Å². The summed E-state index contributed by atoms with van der Waals surface area (Å²) in [6, 6.07) is 4.19. The molecule has 1 aliphatic heterocycles. The monoisotopic (exact) mass is 263 g/mol. The van der Waals surface area contributed by atoms with E-state index >= 15 is 0 Å². The fourth-order valence-corrected chi connectivity index (χ4v) is 1.80. The van der Waals surface area contributed by atoms with Crippen LogP contribution in [0.2, 0.25) is 0 Å². The van der Waals surface area contributed by atoms with E-state index in [-0.39, 0.29) is 18.4 Å². The van der Waals surface area contributed by atoms with E-state index in [2.05, 4.69) is 10.6 Å². The summed E-state index contributed by atoms with van der Waals surface area (Å²) in [6.45, 7) is 1.36. The Hall–Kier alpha value is -2.57. The molecule has 1 aromatic rings. The molecule has 1 aliphatic rings. The first kappa shape index (κ1) is 12.9. The van der Waals surface area contributed by atoms with Crippen molar-refractivity contribution in [2.45, 2.75) is 6.92 Å².